The average molecular weight is 270 g/mol. The second-order valence-corrected chi connectivity index (χ2v) is 6.17. The van der Waals surface area contributed by atoms with Crippen LogP contribution in [0.25, 0.3) is 22.4 Å². The topological polar surface area (TPSA) is 3.88 Å². The molecule has 0 N–H and O–H groups in total. The highest BCUT2D eigenvalue weighted by atomic mass is 15.0. The Bertz CT molecular complexity index is 891. The predicted octanol–water partition coefficient (Wildman–Crippen LogP) is 3.88. The smallest absolute Gasteiger partial charge is 0.194 e. The summed E-state index contributed by atoms with van der Waals surface area (Å²) in [6, 6.07) is 17.8. The average Bonchev–Trinajstić information content (AvgIpc) is 3.09. The fraction of sp³-hybridized carbons (Fsp3) is 0.150. The van der Waals surface area contributed by atoms with Gasteiger partial charge in [-0.3, -0.25) is 0 Å². The molecular weight excluding hydrogens is 254 g/mol. The van der Waals surface area contributed by atoms with Gasteiger partial charge < -0.3 is 0 Å². The SMILES string of the molecule is Cc1cc[n+]2c3c1Cc1cc(-c4ccccc4)cc(c1-3)C2. The number of aromatic nitrogens is 1. The first kappa shape index (κ1) is 11.3. The van der Waals surface area contributed by atoms with E-state index in [2.05, 4.69) is 66.2 Å². The molecule has 0 saturated heterocycles. The minimum Gasteiger partial charge on any atom is -0.194 e. The number of pyridine rings is 1. The first-order chi connectivity index (χ1) is 10.3. The number of hydrogen-bond acceptors (Lipinski definition) is 0. The van der Waals surface area contributed by atoms with Gasteiger partial charge in [0.2, 0.25) is 5.69 Å². The van der Waals surface area contributed by atoms with Gasteiger partial charge in [-0.2, -0.15) is 4.57 Å². The zero-order chi connectivity index (χ0) is 14.0. The van der Waals surface area contributed by atoms with E-state index in [1.54, 1.807) is 0 Å². The first-order valence-electron chi connectivity index (χ1n) is 7.55. The maximum Gasteiger partial charge on any atom is 0.217 e. The highest BCUT2D eigenvalue weighted by Gasteiger charge is 2.37. The van der Waals surface area contributed by atoms with Crippen LogP contribution in [0, 0.1) is 6.92 Å². The van der Waals surface area contributed by atoms with E-state index in [9.17, 15) is 0 Å². The Morgan fingerprint density at radius 3 is 2.57 bits per heavy atom. The number of benzene rings is 2. The molecule has 0 spiro atoms. The van der Waals surface area contributed by atoms with E-state index in [4.69, 9.17) is 0 Å². The van der Waals surface area contributed by atoms with E-state index in [1.165, 1.54) is 44.6 Å². The third-order valence-corrected chi connectivity index (χ3v) is 4.91. The third kappa shape index (κ3) is 1.43. The van der Waals surface area contributed by atoms with Crippen molar-refractivity contribution in [1.29, 1.82) is 0 Å². The lowest BCUT2D eigenvalue weighted by Crippen LogP contribution is -2.32. The van der Waals surface area contributed by atoms with Crippen LogP contribution in [-0.2, 0) is 13.0 Å². The zero-order valence-corrected chi connectivity index (χ0v) is 12.1. The molecule has 1 nitrogen and oxygen atoms in total. The summed E-state index contributed by atoms with van der Waals surface area (Å²) < 4.78 is 2.41. The summed E-state index contributed by atoms with van der Waals surface area (Å²) in [4.78, 5) is 0. The van der Waals surface area contributed by atoms with Crippen molar-refractivity contribution in [2.24, 2.45) is 0 Å². The molecule has 100 valence electrons. The third-order valence-electron chi connectivity index (χ3n) is 4.91. The highest BCUT2D eigenvalue weighted by Crippen LogP contribution is 2.43. The van der Waals surface area contributed by atoms with Crippen LogP contribution in [0.15, 0.2) is 54.7 Å². The van der Waals surface area contributed by atoms with Gasteiger partial charge in [0.15, 0.2) is 12.7 Å². The Morgan fingerprint density at radius 2 is 1.71 bits per heavy atom. The van der Waals surface area contributed by atoms with Crippen LogP contribution in [0.3, 0.4) is 0 Å². The van der Waals surface area contributed by atoms with Gasteiger partial charge in [-0.25, -0.2) is 0 Å². The summed E-state index contributed by atoms with van der Waals surface area (Å²) in [5.41, 5.74) is 11.6. The first-order valence-corrected chi connectivity index (χ1v) is 7.55. The molecule has 3 aromatic rings. The lowest BCUT2D eigenvalue weighted by molar-refractivity contribution is -0.672. The van der Waals surface area contributed by atoms with Crippen LogP contribution in [-0.4, -0.2) is 0 Å². The highest BCUT2D eigenvalue weighted by molar-refractivity contribution is 5.81. The van der Waals surface area contributed by atoms with Crippen LogP contribution in [0.1, 0.15) is 22.3 Å². The molecule has 0 amide bonds. The monoisotopic (exact) mass is 270 g/mol. The fourth-order valence-electron chi connectivity index (χ4n) is 3.89. The Balaban J connectivity index is 1.77. The molecule has 21 heavy (non-hydrogen) atoms. The van der Waals surface area contributed by atoms with Gasteiger partial charge in [0.05, 0.1) is 5.56 Å². The number of nitrogens with zero attached hydrogens (tertiary/aromatic N) is 1. The van der Waals surface area contributed by atoms with Crippen LogP contribution < -0.4 is 4.57 Å². The van der Waals surface area contributed by atoms with Crippen molar-refractivity contribution in [1.82, 2.24) is 0 Å². The molecule has 2 heterocycles. The molecule has 0 atom stereocenters. The molecule has 1 aromatic heterocycles. The Labute approximate surface area is 124 Å². The van der Waals surface area contributed by atoms with Crippen LogP contribution in [0.2, 0.25) is 0 Å². The van der Waals surface area contributed by atoms with Crippen LogP contribution >= 0.6 is 0 Å². The molecule has 0 fully saturated rings. The minimum atomic E-state index is 1.02. The number of aryl methyl sites for hydroxylation is 1. The molecule has 0 saturated carbocycles. The second-order valence-electron chi connectivity index (χ2n) is 6.17. The molecule has 1 aliphatic carbocycles. The van der Waals surface area contributed by atoms with Gasteiger partial charge in [0.25, 0.3) is 0 Å². The van der Waals surface area contributed by atoms with Gasteiger partial charge in [-0.05, 0) is 41.3 Å². The second kappa shape index (κ2) is 3.82. The molecule has 1 aliphatic heterocycles. The van der Waals surface area contributed by atoms with E-state index in [0.717, 1.165) is 13.0 Å². The summed E-state index contributed by atoms with van der Waals surface area (Å²) in [5.74, 6) is 0. The number of hydrogen-bond donors (Lipinski definition) is 0. The lowest BCUT2D eigenvalue weighted by Gasteiger charge is -2.06. The van der Waals surface area contributed by atoms with Crippen molar-refractivity contribution < 1.29 is 4.57 Å². The Hall–Kier alpha value is -2.41. The van der Waals surface area contributed by atoms with Gasteiger partial charge in [0, 0.05) is 23.6 Å². The summed E-state index contributed by atoms with van der Waals surface area (Å²) >= 11 is 0. The molecule has 0 unspecified atom stereocenters. The Morgan fingerprint density at radius 1 is 0.905 bits per heavy atom. The molecule has 5 rings (SSSR count). The van der Waals surface area contributed by atoms with Crippen LogP contribution in [0.5, 0.6) is 0 Å². The molecule has 0 radical (unpaired) electrons. The maximum absolute atomic E-state index is 2.41. The fourth-order valence-corrected chi connectivity index (χ4v) is 3.89. The van der Waals surface area contributed by atoms with Gasteiger partial charge in [-0.15, -0.1) is 0 Å². The molecule has 1 heteroatoms. The minimum absolute atomic E-state index is 1.02. The van der Waals surface area contributed by atoms with Crippen molar-refractivity contribution >= 4 is 0 Å². The van der Waals surface area contributed by atoms with Gasteiger partial charge in [0.1, 0.15) is 0 Å². The van der Waals surface area contributed by atoms with Crippen molar-refractivity contribution in [2.75, 3.05) is 0 Å². The standard InChI is InChI=1S/C20H16N/c1-13-7-8-21-12-17-10-15(14-5-3-2-4-6-14)9-16-11-18(13)20(21)19(16)17/h2-10H,11-12H2,1H3/q+1. The van der Waals surface area contributed by atoms with Crippen molar-refractivity contribution in [3.05, 3.63) is 77.0 Å². The molecule has 0 bridgehead atoms. The summed E-state index contributed by atoms with van der Waals surface area (Å²) in [6.45, 7) is 3.25. The Kier molecular flexibility index (Phi) is 2.05. The maximum atomic E-state index is 2.41. The molecule has 2 aromatic carbocycles. The van der Waals surface area contributed by atoms with Gasteiger partial charge >= 0.3 is 0 Å². The lowest BCUT2D eigenvalue weighted by atomic mass is 9.96. The van der Waals surface area contributed by atoms with E-state index in [-0.39, 0.29) is 0 Å². The van der Waals surface area contributed by atoms with E-state index in [1.807, 2.05) is 0 Å². The predicted molar refractivity (Wildman–Crippen MR) is 84.2 cm³/mol. The van der Waals surface area contributed by atoms with Crippen LogP contribution in [0.4, 0.5) is 0 Å². The van der Waals surface area contributed by atoms with Crippen molar-refractivity contribution in [2.45, 2.75) is 19.9 Å². The summed E-state index contributed by atoms with van der Waals surface area (Å²) in [6.07, 6.45) is 3.33. The largest absolute Gasteiger partial charge is 0.217 e. The van der Waals surface area contributed by atoms with E-state index in [0.29, 0.717) is 0 Å². The van der Waals surface area contributed by atoms with E-state index < -0.39 is 0 Å². The van der Waals surface area contributed by atoms with Crippen molar-refractivity contribution in [3.8, 4) is 22.4 Å². The molecule has 2 aliphatic rings. The summed E-state index contributed by atoms with van der Waals surface area (Å²) in [7, 11) is 0. The summed E-state index contributed by atoms with van der Waals surface area (Å²) in [5, 5.41) is 0. The number of rotatable bonds is 1. The zero-order valence-electron chi connectivity index (χ0n) is 12.1. The molecular formula is C20H16N+. The van der Waals surface area contributed by atoms with E-state index >= 15 is 0 Å². The van der Waals surface area contributed by atoms with Gasteiger partial charge in [-0.1, -0.05) is 30.3 Å². The quantitative estimate of drug-likeness (QED) is 0.407. The van der Waals surface area contributed by atoms with Crippen molar-refractivity contribution in [3.63, 3.8) is 0 Å². The normalized spacial score (nSPS) is 13.6.